The highest BCUT2D eigenvalue weighted by molar-refractivity contribution is 8.76. The maximum atomic E-state index is 7.65. The molecule has 166 valence electrons. The Morgan fingerprint density at radius 1 is 0.667 bits per heavy atom. The van der Waals surface area contributed by atoms with Gasteiger partial charge in [0, 0.05) is 0 Å². The standard InChI is InChI=1S/C18H38S.C2H6S2.CH2OS2/c1-2-3-4-5-6-7-8-9-10-11-12-13-14-15-16-17-18-19;1-3-4-2;2-1(3)4/h19H,2-18H2,1H3;1-2H3;(H2,2,3,4). The van der Waals surface area contributed by atoms with Crippen molar-refractivity contribution in [3.63, 3.8) is 0 Å². The molecule has 0 heterocycles. The van der Waals surface area contributed by atoms with Crippen LogP contribution in [0.5, 0.6) is 0 Å². The Balaban J connectivity index is -0.000000603. The lowest BCUT2D eigenvalue weighted by Crippen LogP contribution is -1.83. The number of hydrogen-bond donors (Lipinski definition) is 3. The number of unbranched alkanes of at least 4 members (excludes halogenated alkanes) is 15. The molecule has 0 fully saturated rings. The van der Waals surface area contributed by atoms with E-state index in [4.69, 9.17) is 5.11 Å². The minimum atomic E-state index is -0.306. The third kappa shape index (κ3) is 52.2. The smallest absolute Gasteiger partial charge is 0.214 e. The zero-order valence-electron chi connectivity index (χ0n) is 18.1. The summed E-state index contributed by atoms with van der Waals surface area (Å²) >= 11 is 11.5. The summed E-state index contributed by atoms with van der Waals surface area (Å²) in [6.45, 7) is 2.29. The van der Waals surface area contributed by atoms with Crippen LogP contribution in [0.15, 0.2) is 0 Å². The molecular formula is C21H46OS5. The van der Waals surface area contributed by atoms with Crippen molar-refractivity contribution in [1.82, 2.24) is 0 Å². The second kappa shape index (κ2) is 34.8. The molecule has 0 aliphatic rings. The van der Waals surface area contributed by atoms with Crippen molar-refractivity contribution in [2.45, 2.75) is 110 Å². The largest absolute Gasteiger partial charge is 0.494 e. The van der Waals surface area contributed by atoms with E-state index >= 15 is 0 Å². The quantitative estimate of drug-likeness (QED) is 0.0843. The molecule has 0 spiro atoms. The third-order valence-corrected chi connectivity index (χ3v) is 5.83. The van der Waals surface area contributed by atoms with Gasteiger partial charge in [0.1, 0.15) is 0 Å². The van der Waals surface area contributed by atoms with Gasteiger partial charge < -0.3 is 5.11 Å². The molecule has 27 heavy (non-hydrogen) atoms. The second-order valence-electron chi connectivity index (χ2n) is 6.64. The molecule has 0 aromatic carbocycles. The predicted octanol–water partition coefficient (Wildman–Crippen LogP) is 9.56. The van der Waals surface area contributed by atoms with Crippen LogP contribution in [0.2, 0.25) is 0 Å². The summed E-state index contributed by atoms with van der Waals surface area (Å²) in [5.41, 5.74) is 0. The third-order valence-electron chi connectivity index (χ3n) is 4.18. The summed E-state index contributed by atoms with van der Waals surface area (Å²) in [5, 5.41) is 7.65. The minimum Gasteiger partial charge on any atom is -0.494 e. The summed E-state index contributed by atoms with van der Waals surface area (Å²) in [4.78, 5) is 0. The first-order valence-electron chi connectivity index (χ1n) is 10.7. The first kappa shape index (κ1) is 32.9. The molecule has 0 unspecified atom stereocenters. The van der Waals surface area contributed by atoms with E-state index in [1.807, 2.05) is 0 Å². The fourth-order valence-electron chi connectivity index (χ4n) is 2.66. The fourth-order valence-corrected chi connectivity index (χ4v) is 2.88. The molecule has 0 saturated heterocycles. The zero-order valence-corrected chi connectivity index (χ0v) is 22.3. The van der Waals surface area contributed by atoms with Crippen LogP contribution in [0.4, 0.5) is 0 Å². The molecule has 0 rings (SSSR count). The van der Waals surface area contributed by atoms with Crippen LogP contribution in [0.3, 0.4) is 0 Å². The number of hydrogen-bond acceptors (Lipinski definition) is 4. The van der Waals surface area contributed by atoms with E-state index in [1.165, 1.54) is 103 Å². The van der Waals surface area contributed by atoms with Gasteiger partial charge in [0.05, 0.1) is 0 Å². The van der Waals surface area contributed by atoms with E-state index in [0.29, 0.717) is 0 Å². The number of rotatable bonds is 17. The van der Waals surface area contributed by atoms with E-state index in [2.05, 4.69) is 56.9 Å². The van der Waals surface area contributed by atoms with Crippen LogP contribution in [0, 0.1) is 0 Å². The second-order valence-corrected chi connectivity index (χ2v) is 10.9. The normalized spacial score (nSPS) is 9.81. The molecule has 0 saturated carbocycles. The molecule has 0 bridgehead atoms. The van der Waals surface area contributed by atoms with Crippen molar-refractivity contribution in [2.75, 3.05) is 18.3 Å². The first-order valence-corrected chi connectivity index (χ1v) is 15.1. The van der Waals surface area contributed by atoms with Gasteiger partial charge in [-0.2, -0.15) is 12.6 Å². The van der Waals surface area contributed by atoms with Gasteiger partial charge in [0.25, 0.3) is 0 Å². The van der Waals surface area contributed by atoms with Gasteiger partial charge in [0.2, 0.25) is 4.38 Å². The molecule has 0 atom stereocenters. The SMILES string of the molecule is CCCCCCCCCCCCCCCCCCS.CSSC.OC(=S)S. The van der Waals surface area contributed by atoms with Gasteiger partial charge in [-0.15, -0.1) is 0 Å². The van der Waals surface area contributed by atoms with Crippen LogP contribution in [-0.2, 0) is 0 Å². The summed E-state index contributed by atoms with van der Waals surface area (Å²) < 4.78 is -0.306. The molecule has 0 aliphatic heterocycles. The van der Waals surface area contributed by atoms with Crippen LogP contribution >= 0.6 is 59.1 Å². The predicted molar refractivity (Wildman–Crippen MR) is 145 cm³/mol. The highest BCUT2D eigenvalue weighted by Gasteiger charge is 1.94. The highest BCUT2D eigenvalue weighted by atomic mass is 33.1. The lowest BCUT2D eigenvalue weighted by atomic mass is 10.0. The summed E-state index contributed by atoms with van der Waals surface area (Å²) in [6, 6.07) is 0. The van der Waals surface area contributed by atoms with Crippen molar-refractivity contribution in [3.05, 3.63) is 0 Å². The monoisotopic (exact) mass is 474 g/mol. The van der Waals surface area contributed by atoms with E-state index in [9.17, 15) is 0 Å². The maximum absolute atomic E-state index is 7.65. The van der Waals surface area contributed by atoms with Crippen LogP contribution in [-0.4, -0.2) is 27.8 Å². The fraction of sp³-hybridized carbons (Fsp3) is 0.952. The van der Waals surface area contributed by atoms with E-state index < -0.39 is 0 Å². The molecule has 0 aromatic rings. The highest BCUT2D eigenvalue weighted by Crippen LogP contribution is 2.13. The van der Waals surface area contributed by atoms with Crippen molar-refractivity contribution >= 4 is 63.4 Å². The van der Waals surface area contributed by atoms with Crippen LogP contribution < -0.4 is 0 Å². The molecular weight excluding hydrogens is 429 g/mol. The topological polar surface area (TPSA) is 20.2 Å². The number of thiol groups is 2. The number of thiocarbonyl (C=S) groups is 1. The van der Waals surface area contributed by atoms with Crippen LogP contribution in [0.1, 0.15) is 110 Å². The Labute approximate surface area is 195 Å². The van der Waals surface area contributed by atoms with Gasteiger partial charge in [-0.25, -0.2) is 0 Å². The molecule has 6 heteroatoms. The Bertz CT molecular complexity index is 231. The number of aliphatic hydroxyl groups is 1. The molecule has 1 nitrogen and oxygen atoms in total. The van der Waals surface area contributed by atoms with Gasteiger partial charge in [-0.05, 0) is 36.9 Å². The average molecular weight is 475 g/mol. The molecule has 0 aliphatic carbocycles. The van der Waals surface area contributed by atoms with Crippen LogP contribution in [0.25, 0.3) is 0 Å². The van der Waals surface area contributed by atoms with Gasteiger partial charge in [-0.1, -0.05) is 137 Å². The van der Waals surface area contributed by atoms with Crippen molar-refractivity contribution in [3.8, 4) is 0 Å². The number of aliphatic hydroxyl groups excluding tert-OH is 1. The van der Waals surface area contributed by atoms with Gasteiger partial charge in [0.15, 0.2) is 0 Å². The Morgan fingerprint density at radius 2 is 0.889 bits per heavy atom. The summed E-state index contributed by atoms with van der Waals surface area (Å²) in [6.07, 6.45) is 27.2. The van der Waals surface area contributed by atoms with Crippen molar-refractivity contribution < 1.29 is 5.11 Å². The van der Waals surface area contributed by atoms with E-state index in [1.54, 1.807) is 21.6 Å². The Morgan fingerprint density at radius 3 is 1.07 bits per heavy atom. The average Bonchev–Trinajstić information content (AvgIpc) is 2.64. The first-order chi connectivity index (χ1) is 13.1. The molecule has 1 N–H and O–H groups in total. The lowest BCUT2D eigenvalue weighted by Gasteiger charge is -2.03. The molecule has 0 amide bonds. The lowest BCUT2D eigenvalue weighted by molar-refractivity contribution is 0.532. The summed E-state index contributed by atoms with van der Waals surface area (Å²) in [5.74, 6) is 1.07. The minimum absolute atomic E-state index is 0.306. The van der Waals surface area contributed by atoms with Crippen molar-refractivity contribution in [1.29, 1.82) is 0 Å². The van der Waals surface area contributed by atoms with Gasteiger partial charge in [-0.3, -0.25) is 0 Å². The zero-order chi connectivity index (χ0) is 21.0. The van der Waals surface area contributed by atoms with Gasteiger partial charge >= 0.3 is 0 Å². The van der Waals surface area contributed by atoms with E-state index in [-0.39, 0.29) is 4.38 Å². The Hall–Kier alpha value is 1.29. The summed E-state index contributed by atoms with van der Waals surface area (Å²) in [7, 11) is 3.55. The van der Waals surface area contributed by atoms with E-state index in [0.717, 1.165) is 5.75 Å². The van der Waals surface area contributed by atoms with Crippen molar-refractivity contribution in [2.24, 2.45) is 0 Å². The molecule has 0 aromatic heterocycles. The molecule has 0 radical (unpaired) electrons. The maximum Gasteiger partial charge on any atom is 0.214 e. The Kier molecular flexibility index (Phi) is 42.4.